The first-order valence-electron chi connectivity index (χ1n) is 6.50. The lowest BCUT2D eigenvalue weighted by molar-refractivity contribution is 0.0724. The first-order chi connectivity index (χ1) is 9.70. The topological polar surface area (TPSA) is 35.5 Å². The maximum Gasteiger partial charge on any atom is 0.192 e. The van der Waals surface area contributed by atoms with Crippen LogP contribution in [0.15, 0.2) is 48.5 Å². The van der Waals surface area contributed by atoms with Gasteiger partial charge in [-0.2, -0.15) is 0 Å². The van der Waals surface area contributed by atoms with Crippen molar-refractivity contribution in [3.05, 3.63) is 65.2 Å². The largest absolute Gasteiger partial charge is 0.496 e. The highest BCUT2D eigenvalue weighted by Crippen LogP contribution is 2.20. The van der Waals surface area contributed by atoms with Crippen molar-refractivity contribution in [2.24, 2.45) is 0 Å². The van der Waals surface area contributed by atoms with Gasteiger partial charge in [0.15, 0.2) is 5.78 Å². The highest BCUT2D eigenvalue weighted by atomic mass is 16.5. The van der Waals surface area contributed by atoms with Gasteiger partial charge in [-0.15, -0.1) is 0 Å². The van der Waals surface area contributed by atoms with Gasteiger partial charge in [0, 0.05) is 0 Å². The van der Waals surface area contributed by atoms with E-state index < -0.39 is 0 Å². The molecule has 0 radical (unpaired) electrons. The summed E-state index contributed by atoms with van der Waals surface area (Å²) < 4.78 is 10.7. The van der Waals surface area contributed by atoms with E-state index in [0.29, 0.717) is 17.9 Å². The van der Waals surface area contributed by atoms with E-state index >= 15 is 0 Å². The molecule has 0 amide bonds. The molecule has 0 N–H and O–H groups in total. The fourth-order valence-corrected chi connectivity index (χ4v) is 1.94. The van der Waals surface area contributed by atoms with E-state index in [-0.39, 0.29) is 12.4 Å². The monoisotopic (exact) mass is 270 g/mol. The second-order valence-electron chi connectivity index (χ2n) is 4.61. The van der Waals surface area contributed by atoms with E-state index in [2.05, 4.69) is 0 Å². The Morgan fingerprint density at radius 1 is 1.10 bits per heavy atom. The highest BCUT2D eigenvalue weighted by Gasteiger charge is 2.12. The Morgan fingerprint density at radius 2 is 1.85 bits per heavy atom. The van der Waals surface area contributed by atoms with Gasteiger partial charge in [0.25, 0.3) is 0 Å². The molecule has 3 heteroatoms. The smallest absolute Gasteiger partial charge is 0.192 e. The van der Waals surface area contributed by atoms with E-state index in [1.807, 2.05) is 49.4 Å². The van der Waals surface area contributed by atoms with Crippen molar-refractivity contribution in [2.75, 3.05) is 13.7 Å². The van der Waals surface area contributed by atoms with Crippen LogP contribution in [0.25, 0.3) is 0 Å². The lowest BCUT2D eigenvalue weighted by atomic mass is 10.1. The summed E-state index contributed by atoms with van der Waals surface area (Å²) in [5, 5.41) is 0. The average Bonchev–Trinajstić information content (AvgIpc) is 2.48. The van der Waals surface area contributed by atoms with Gasteiger partial charge < -0.3 is 9.47 Å². The second kappa shape index (κ2) is 6.87. The Kier molecular flexibility index (Phi) is 4.91. The van der Waals surface area contributed by atoms with Crippen LogP contribution in [0.4, 0.5) is 0 Å². The Bertz CT molecular complexity index is 576. The zero-order valence-corrected chi connectivity index (χ0v) is 11.8. The zero-order chi connectivity index (χ0) is 14.4. The highest BCUT2D eigenvalue weighted by molar-refractivity contribution is 5.99. The zero-order valence-electron chi connectivity index (χ0n) is 11.8. The van der Waals surface area contributed by atoms with Crippen molar-refractivity contribution in [3.8, 4) is 5.75 Å². The molecule has 0 spiro atoms. The number of methoxy groups -OCH3 is 1. The van der Waals surface area contributed by atoms with Gasteiger partial charge in [-0.1, -0.05) is 36.4 Å². The van der Waals surface area contributed by atoms with Gasteiger partial charge in [-0.25, -0.2) is 0 Å². The second-order valence-corrected chi connectivity index (χ2v) is 4.61. The number of rotatable bonds is 6. The van der Waals surface area contributed by atoms with Gasteiger partial charge in [0.2, 0.25) is 0 Å². The quantitative estimate of drug-likeness (QED) is 0.755. The summed E-state index contributed by atoms with van der Waals surface area (Å²) in [6.45, 7) is 2.44. The van der Waals surface area contributed by atoms with Gasteiger partial charge in [0.05, 0.1) is 19.3 Å². The summed E-state index contributed by atoms with van der Waals surface area (Å²) in [6, 6.07) is 15.3. The molecule has 20 heavy (non-hydrogen) atoms. The Hall–Kier alpha value is -2.13. The maximum atomic E-state index is 12.1. The molecular formula is C17H18O3. The molecule has 2 aromatic carbocycles. The molecule has 0 saturated heterocycles. The molecule has 0 aromatic heterocycles. The molecule has 0 aliphatic carbocycles. The van der Waals surface area contributed by atoms with Crippen LogP contribution in [0.5, 0.6) is 5.75 Å². The number of hydrogen-bond donors (Lipinski definition) is 0. The first kappa shape index (κ1) is 14.3. The number of ketones is 1. The average molecular weight is 270 g/mol. The van der Waals surface area contributed by atoms with Crippen LogP contribution in [-0.2, 0) is 11.3 Å². The van der Waals surface area contributed by atoms with Crippen molar-refractivity contribution in [1.29, 1.82) is 0 Å². The van der Waals surface area contributed by atoms with E-state index in [4.69, 9.17) is 9.47 Å². The Morgan fingerprint density at radius 3 is 2.55 bits per heavy atom. The van der Waals surface area contributed by atoms with Crippen LogP contribution in [-0.4, -0.2) is 19.5 Å². The molecule has 2 aromatic rings. The summed E-state index contributed by atoms with van der Waals surface area (Å²) in [5.74, 6) is 0.524. The van der Waals surface area contributed by atoms with E-state index in [0.717, 1.165) is 11.1 Å². The third kappa shape index (κ3) is 3.68. The Labute approximate surface area is 119 Å². The summed E-state index contributed by atoms with van der Waals surface area (Å²) >= 11 is 0. The van der Waals surface area contributed by atoms with Crippen molar-refractivity contribution in [3.63, 3.8) is 0 Å². The third-order valence-electron chi connectivity index (χ3n) is 3.00. The fraction of sp³-hybridized carbons (Fsp3) is 0.235. The molecule has 104 valence electrons. The summed E-state index contributed by atoms with van der Waals surface area (Å²) in [5.41, 5.74) is 2.67. The van der Waals surface area contributed by atoms with Crippen molar-refractivity contribution < 1.29 is 14.3 Å². The van der Waals surface area contributed by atoms with Crippen LogP contribution < -0.4 is 4.74 Å². The molecule has 0 aliphatic rings. The summed E-state index contributed by atoms with van der Waals surface area (Å²) in [4.78, 5) is 12.1. The number of ether oxygens (including phenoxy) is 2. The molecule has 0 fully saturated rings. The number of carbonyl (C=O) groups excluding carboxylic acids is 1. The standard InChI is InChI=1S/C17H18O3/c1-13-8-9-15(17(10-13)19-2)16(18)12-20-11-14-6-4-3-5-7-14/h3-10H,11-12H2,1-2H3. The normalized spacial score (nSPS) is 10.3. The Balaban J connectivity index is 1.95. The van der Waals surface area contributed by atoms with E-state index in [1.165, 1.54) is 0 Å². The van der Waals surface area contributed by atoms with Crippen LogP contribution in [0.3, 0.4) is 0 Å². The van der Waals surface area contributed by atoms with Crippen molar-refractivity contribution in [1.82, 2.24) is 0 Å². The number of aryl methyl sites for hydroxylation is 1. The number of benzene rings is 2. The molecule has 0 atom stereocenters. The van der Waals surface area contributed by atoms with Crippen molar-refractivity contribution >= 4 is 5.78 Å². The lowest BCUT2D eigenvalue weighted by Crippen LogP contribution is -2.10. The lowest BCUT2D eigenvalue weighted by Gasteiger charge is -2.09. The predicted molar refractivity (Wildman–Crippen MR) is 78.2 cm³/mol. The maximum absolute atomic E-state index is 12.1. The first-order valence-corrected chi connectivity index (χ1v) is 6.50. The molecule has 0 heterocycles. The molecule has 3 nitrogen and oxygen atoms in total. The number of Topliss-reactive ketones (excluding diaryl/α,β-unsaturated/α-hetero) is 1. The van der Waals surface area contributed by atoms with Crippen molar-refractivity contribution in [2.45, 2.75) is 13.5 Å². The summed E-state index contributed by atoms with van der Waals surface area (Å²) in [7, 11) is 1.57. The van der Waals surface area contributed by atoms with E-state index in [1.54, 1.807) is 13.2 Å². The van der Waals surface area contributed by atoms with Crippen LogP contribution in [0.1, 0.15) is 21.5 Å². The minimum absolute atomic E-state index is 0.0499. The molecule has 2 rings (SSSR count). The number of carbonyl (C=O) groups is 1. The van der Waals surface area contributed by atoms with Gasteiger partial charge in [-0.3, -0.25) is 4.79 Å². The molecule has 0 aliphatic heterocycles. The van der Waals surface area contributed by atoms with Gasteiger partial charge >= 0.3 is 0 Å². The van der Waals surface area contributed by atoms with Crippen LogP contribution in [0.2, 0.25) is 0 Å². The van der Waals surface area contributed by atoms with Gasteiger partial charge in [-0.05, 0) is 30.2 Å². The predicted octanol–water partition coefficient (Wildman–Crippen LogP) is 3.40. The van der Waals surface area contributed by atoms with E-state index in [9.17, 15) is 4.79 Å². The molecule has 0 saturated carbocycles. The SMILES string of the molecule is COc1cc(C)ccc1C(=O)COCc1ccccc1. The van der Waals surface area contributed by atoms with Crippen LogP contribution in [0, 0.1) is 6.92 Å². The minimum atomic E-state index is -0.0715. The minimum Gasteiger partial charge on any atom is -0.496 e. The molecule has 0 bridgehead atoms. The molecular weight excluding hydrogens is 252 g/mol. The fourth-order valence-electron chi connectivity index (χ4n) is 1.94. The van der Waals surface area contributed by atoms with Crippen LogP contribution >= 0.6 is 0 Å². The number of hydrogen-bond acceptors (Lipinski definition) is 3. The third-order valence-corrected chi connectivity index (χ3v) is 3.00. The summed E-state index contributed by atoms with van der Waals surface area (Å²) in [6.07, 6.45) is 0. The van der Waals surface area contributed by atoms with Gasteiger partial charge in [0.1, 0.15) is 12.4 Å². The molecule has 0 unspecified atom stereocenters.